The molecule has 1 aliphatic carbocycles. The largest absolute Gasteiger partial charge is 0.341 e. The SMILES string of the molecule is O=C(C1CCCC1(F)F)N1CCC(Cl)C1. The molecule has 1 amide bonds. The second-order valence-corrected chi connectivity index (χ2v) is 4.99. The molecule has 5 heteroatoms. The van der Waals surface area contributed by atoms with Crippen molar-refractivity contribution in [3.05, 3.63) is 0 Å². The molecule has 2 aliphatic rings. The summed E-state index contributed by atoms with van der Waals surface area (Å²) in [5, 5.41) is -0.0658. The molecule has 86 valence electrons. The number of hydrogen-bond acceptors (Lipinski definition) is 1. The molecule has 0 aromatic heterocycles. The van der Waals surface area contributed by atoms with Crippen LogP contribution in [-0.2, 0) is 4.79 Å². The van der Waals surface area contributed by atoms with E-state index in [1.807, 2.05) is 0 Å². The van der Waals surface area contributed by atoms with E-state index in [0.717, 1.165) is 0 Å². The Morgan fingerprint density at radius 2 is 2.13 bits per heavy atom. The topological polar surface area (TPSA) is 20.3 Å². The first-order valence-electron chi connectivity index (χ1n) is 5.31. The van der Waals surface area contributed by atoms with Gasteiger partial charge in [0.1, 0.15) is 5.92 Å². The van der Waals surface area contributed by atoms with Gasteiger partial charge in [-0.05, 0) is 19.3 Å². The molecular formula is C10H14ClF2NO. The van der Waals surface area contributed by atoms with Gasteiger partial charge in [-0.25, -0.2) is 8.78 Å². The van der Waals surface area contributed by atoms with E-state index >= 15 is 0 Å². The van der Waals surface area contributed by atoms with Crippen LogP contribution in [0.25, 0.3) is 0 Å². The van der Waals surface area contributed by atoms with E-state index in [2.05, 4.69) is 0 Å². The van der Waals surface area contributed by atoms with Crippen molar-refractivity contribution in [3.8, 4) is 0 Å². The highest BCUT2D eigenvalue weighted by molar-refractivity contribution is 6.21. The molecule has 15 heavy (non-hydrogen) atoms. The quantitative estimate of drug-likeness (QED) is 0.641. The Labute approximate surface area is 92.6 Å². The fourth-order valence-electron chi connectivity index (χ4n) is 2.37. The molecule has 2 fully saturated rings. The fourth-order valence-corrected chi connectivity index (χ4v) is 2.63. The van der Waals surface area contributed by atoms with Gasteiger partial charge in [-0.3, -0.25) is 4.79 Å². The minimum absolute atomic E-state index is 0.0658. The molecule has 2 rings (SSSR count). The van der Waals surface area contributed by atoms with Gasteiger partial charge in [-0.1, -0.05) is 0 Å². The van der Waals surface area contributed by atoms with E-state index in [4.69, 9.17) is 11.6 Å². The van der Waals surface area contributed by atoms with E-state index in [9.17, 15) is 13.6 Å². The zero-order valence-corrected chi connectivity index (χ0v) is 9.14. The third-order valence-corrected chi connectivity index (χ3v) is 3.61. The minimum atomic E-state index is -2.80. The van der Waals surface area contributed by atoms with Crippen molar-refractivity contribution in [1.29, 1.82) is 0 Å². The summed E-state index contributed by atoms with van der Waals surface area (Å²) in [6.45, 7) is 0.951. The maximum absolute atomic E-state index is 13.3. The van der Waals surface area contributed by atoms with Crippen molar-refractivity contribution in [1.82, 2.24) is 4.90 Å². The number of alkyl halides is 3. The van der Waals surface area contributed by atoms with Gasteiger partial charge in [0, 0.05) is 19.5 Å². The summed E-state index contributed by atoms with van der Waals surface area (Å²) in [4.78, 5) is 13.3. The van der Waals surface area contributed by atoms with Gasteiger partial charge in [-0.2, -0.15) is 0 Å². The van der Waals surface area contributed by atoms with Gasteiger partial charge >= 0.3 is 0 Å². The lowest BCUT2D eigenvalue weighted by molar-refractivity contribution is -0.145. The first kappa shape index (κ1) is 11.1. The number of amides is 1. The Hall–Kier alpha value is -0.380. The number of hydrogen-bond donors (Lipinski definition) is 0. The second-order valence-electron chi connectivity index (χ2n) is 4.38. The highest BCUT2D eigenvalue weighted by Crippen LogP contribution is 2.41. The molecule has 2 unspecified atom stereocenters. The Bertz CT molecular complexity index is 272. The Morgan fingerprint density at radius 1 is 1.40 bits per heavy atom. The predicted octanol–water partition coefficient (Wildman–Crippen LogP) is 2.26. The van der Waals surface area contributed by atoms with Crippen LogP contribution in [0.5, 0.6) is 0 Å². The molecule has 0 aromatic carbocycles. The van der Waals surface area contributed by atoms with Crippen molar-refractivity contribution >= 4 is 17.5 Å². The van der Waals surface area contributed by atoms with Crippen LogP contribution in [0.15, 0.2) is 0 Å². The average molecular weight is 238 g/mol. The standard InChI is InChI=1S/C10H14ClF2NO/c11-7-3-5-14(6-7)9(15)8-2-1-4-10(8,12)13/h7-8H,1-6H2. The van der Waals surface area contributed by atoms with Crippen molar-refractivity contribution in [2.45, 2.75) is 37.0 Å². The van der Waals surface area contributed by atoms with Gasteiger partial charge in [0.15, 0.2) is 0 Å². The first-order chi connectivity index (χ1) is 7.00. The first-order valence-corrected chi connectivity index (χ1v) is 5.75. The van der Waals surface area contributed by atoms with E-state index in [0.29, 0.717) is 32.4 Å². The highest BCUT2D eigenvalue weighted by atomic mass is 35.5. The third kappa shape index (κ3) is 2.10. The molecule has 0 N–H and O–H groups in total. The molecule has 1 saturated heterocycles. The van der Waals surface area contributed by atoms with Crippen LogP contribution in [0, 0.1) is 5.92 Å². The number of carbonyl (C=O) groups excluding carboxylic acids is 1. The number of carbonyl (C=O) groups is 1. The normalized spacial score (nSPS) is 34.7. The van der Waals surface area contributed by atoms with Crippen LogP contribution in [-0.4, -0.2) is 35.2 Å². The summed E-state index contributed by atoms with van der Waals surface area (Å²) in [5.41, 5.74) is 0. The third-order valence-electron chi connectivity index (χ3n) is 3.25. The predicted molar refractivity (Wildman–Crippen MR) is 53.1 cm³/mol. The van der Waals surface area contributed by atoms with Crippen LogP contribution in [0.1, 0.15) is 25.7 Å². The Kier molecular flexibility index (Phi) is 2.88. The van der Waals surface area contributed by atoms with Crippen molar-refractivity contribution in [2.24, 2.45) is 5.92 Å². The number of halogens is 3. The molecule has 0 radical (unpaired) electrons. The summed E-state index contributed by atoms with van der Waals surface area (Å²) < 4.78 is 26.7. The molecule has 0 bridgehead atoms. The van der Waals surface area contributed by atoms with Gasteiger partial charge in [0.05, 0.1) is 5.38 Å². The summed E-state index contributed by atoms with van der Waals surface area (Å²) >= 11 is 5.85. The minimum Gasteiger partial charge on any atom is -0.341 e. The molecule has 2 atom stereocenters. The molecule has 0 aromatic rings. The molecule has 1 saturated carbocycles. The maximum atomic E-state index is 13.3. The highest BCUT2D eigenvalue weighted by Gasteiger charge is 2.49. The number of rotatable bonds is 1. The number of likely N-dealkylation sites (tertiary alicyclic amines) is 1. The molecule has 1 heterocycles. The van der Waals surface area contributed by atoms with Crippen LogP contribution in [0.3, 0.4) is 0 Å². The molecular weight excluding hydrogens is 224 g/mol. The summed E-state index contributed by atoms with van der Waals surface area (Å²) in [6.07, 6.45) is 1.32. The van der Waals surface area contributed by atoms with E-state index in [1.165, 1.54) is 4.90 Å². The van der Waals surface area contributed by atoms with Crippen molar-refractivity contribution in [2.75, 3.05) is 13.1 Å². The van der Waals surface area contributed by atoms with Crippen LogP contribution in [0.2, 0.25) is 0 Å². The van der Waals surface area contributed by atoms with Gasteiger partial charge in [0.2, 0.25) is 5.91 Å². The van der Waals surface area contributed by atoms with E-state index in [-0.39, 0.29) is 11.8 Å². The van der Waals surface area contributed by atoms with E-state index in [1.54, 1.807) is 0 Å². The summed E-state index contributed by atoms with van der Waals surface area (Å²) in [5.74, 6) is -4.30. The monoisotopic (exact) mass is 237 g/mol. The van der Waals surface area contributed by atoms with Crippen LogP contribution < -0.4 is 0 Å². The molecule has 2 nitrogen and oxygen atoms in total. The Balaban J connectivity index is 2.02. The second kappa shape index (κ2) is 3.89. The zero-order chi connectivity index (χ0) is 11.1. The molecule has 1 aliphatic heterocycles. The number of nitrogens with zero attached hydrogens (tertiary/aromatic N) is 1. The van der Waals surface area contributed by atoms with Crippen LogP contribution in [0.4, 0.5) is 8.78 Å². The lowest BCUT2D eigenvalue weighted by Gasteiger charge is -2.24. The van der Waals surface area contributed by atoms with Crippen molar-refractivity contribution in [3.63, 3.8) is 0 Å². The molecule has 0 spiro atoms. The lowest BCUT2D eigenvalue weighted by Crippen LogP contribution is -2.40. The zero-order valence-electron chi connectivity index (χ0n) is 8.39. The van der Waals surface area contributed by atoms with Gasteiger partial charge < -0.3 is 4.90 Å². The van der Waals surface area contributed by atoms with E-state index < -0.39 is 17.7 Å². The van der Waals surface area contributed by atoms with Gasteiger partial charge in [-0.15, -0.1) is 11.6 Å². The lowest BCUT2D eigenvalue weighted by atomic mass is 10.0. The smallest absolute Gasteiger partial charge is 0.259 e. The average Bonchev–Trinajstić information content (AvgIpc) is 2.70. The Morgan fingerprint density at radius 3 is 2.60 bits per heavy atom. The van der Waals surface area contributed by atoms with Crippen LogP contribution >= 0.6 is 11.6 Å². The van der Waals surface area contributed by atoms with Gasteiger partial charge in [0.25, 0.3) is 5.92 Å². The summed E-state index contributed by atoms with van der Waals surface area (Å²) in [6, 6.07) is 0. The fraction of sp³-hybridized carbons (Fsp3) is 0.900. The maximum Gasteiger partial charge on any atom is 0.259 e. The van der Waals surface area contributed by atoms with Crippen molar-refractivity contribution < 1.29 is 13.6 Å². The summed E-state index contributed by atoms with van der Waals surface area (Å²) in [7, 11) is 0.